The Hall–Kier alpha value is -2.28. The highest BCUT2D eigenvalue weighted by Crippen LogP contribution is 2.22. The van der Waals surface area contributed by atoms with Gasteiger partial charge in [-0.15, -0.1) is 21.5 Å². The quantitative estimate of drug-likeness (QED) is 0.781. The molecule has 0 saturated heterocycles. The zero-order valence-electron chi connectivity index (χ0n) is 14.2. The summed E-state index contributed by atoms with van der Waals surface area (Å²) in [5.41, 5.74) is 1.02. The smallest absolute Gasteiger partial charge is 0.220 e. The van der Waals surface area contributed by atoms with Crippen molar-refractivity contribution >= 4 is 27.5 Å². The normalized spacial score (nSPS) is 17.2. The van der Waals surface area contributed by atoms with E-state index in [4.69, 9.17) is 0 Å². The molecule has 0 radical (unpaired) electrons. The van der Waals surface area contributed by atoms with E-state index in [1.807, 2.05) is 25.1 Å². The third-order valence-corrected chi connectivity index (χ3v) is 5.80. The molecule has 130 valence electrons. The fourth-order valence-electron chi connectivity index (χ4n) is 3.32. The van der Waals surface area contributed by atoms with Gasteiger partial charge < -0.3 is 9.88 Å². The fourth-order valence-corrected chi connectivity index (χ4v) is 4.29. The maximum atomic E-state index is 12.3. The highest BCUT2D eigenvalue weighted by molar-refractivity contribution is 7.18. The third kappa shape index (κ3) is 3.56. The van der Waals surface area contributed by atoms with E-state index in [0.29, 0.717) is 12.8 Å². The van der Waals surface area contributed by atoms with Crippen LogP contribution in [0.3, 0.4) is 0 Å². The monoisotopic (exact) mass is 355 g/mol. The lowest BCUT2D eigenvalue weighted by molar-refractivity contribution is -0.121. The molecule has 7 heteroatoms. The Labute approximate surface area is 150 Å². The second-order valence-corrected chi connectivity index (χ2v) is 7.60. The van der Waals surface area contributed by atoms with E-state index in [-0.39, 0.29) is 11.9 Å². The number of aryl methyl sites for hydroxylation is 3. The average Bonchev–Trinajstić information content (AvgIpc) is 3.12. The summed E-state index contributed by atoms with van der Waals surface area (Å²) in [6.07, 6.45) is 3.90. The maximum Gasteiger partial charge on any atom is 0.220 e. The summed E-state index contributed by atoms with van der Waals surface area (Å²) in [5.74, 6) is 2.10. The van der Waals surface area contributed by atoms with Crippen LogP contribution in [0.25, 0.3) is 10.2 Å². The lowest BCUT2D eigenvalue weighted by Gasteiger charge is -2.15. The molecule has 4 rings (SSSR count). The number of nitrogens with zero attached hydrogens (tertiary/aromatic N) is 4. The first-order valence-electron chi connectivity index (χ1n) is 8.71. The molecule has 0 fully saturated rings. The maximum absolute atomic E-state index is 12.3. The molecule has 0 aliphatic carbocycles. The van der Waals surface area contributed by atoms with Crippen LogP contribution in [0.15, 0.2) is 24.3 Å². The number of carbonyl (C=O) groups excluding carboxylic acids is 1. The topological polar surface area (TPSA) is 72.7 Å². The van der Waals surface area contributed by atoms with Crippen LogP contribution in [0, 0.1) is 6.92 Å². The van der Waals surface area contributed by atoms with Crippen LogP contribution in [-0.4, -0.2) is 31.7 Å². The third-order valence-electron chi connectivity index (χ3n) is 4.70. The molecule has 25 heavy (non-hydrogen) atoms. The van der Waals surface area contributed by atoms with Crippen LogP contribution < -0.4 is 5.32 Å². The Morgan fingerprint density at radius 1 is 1.32 bits per heavy atom. The van der Waals surface area contributed by atoms with Crippen molar-refractivity contribution in [1.82, 2.24) is 25.1 Å². The van der Waals surface area contributed by atoms with Crippen molar-refractivity contribution < 1.29 is 4.79 Å². The number of para-hydroxylation sites is 1. The Morgan fingerprint density at radius 3 is 3.08 bits per heavy atom. The van der Waals surface area contributed by atoms with Gasteiger partial charge in [0.05, 0.1) is 15.2 Å². The minimum absolute atomic E-state index is 0.110. The van der Waals surface area contributed by atoms with Crippen molar-refractivity contribution in [3.05, 3.63) is 40.9 Å². The highest BCUT2D eigenvalue weighted by Gasteiger charge is 2.20. The van der Waals surface area contributed by atoms with E-state index in [0.717, 1.165) is 48.0 Å². The number of aromatic nitrogens is 4. The van der Waals surface area contributed by atoms with E-state index in [1.165, 1.54) is 4.70 Å². The van der Waals surface area contributed by atoms with Crippen LogP contribution in [0.2, 0.25) is 0 Å². The fraction of sp³-hybridized carbons (Fsp3) is 0.444. The molecule has 1 aromatic carbocycles. The van der Waals surface area contributed by atoms with Gasteiger partial charge in [-0.05, 0) is 31.9 Å². The molecule has 3 aromatic rings. The van der Waals surface area contributed by atoms with E-state index >= 15 is 0 Å². The van der Waals surface area contributed by atoms with Crippen LogP contribution in [0.1, 0.15) is 35.9 Å². The molecule has 1 amide bonds. The summed E-state index contributed by atoms with van der Waals surface area (Å²) in [4.78, 5) is 16.9. The van der Waals surface area contributed by atoms with Crippen molar-refractivity contribution in [3.8, 4) is 0 Å². The highest BCUT2D eigenvalue weighted by atomic mass is 32.1. The van der Waals surface area contributed by atoms with Gasteiger partial charge in [-0.2, -0.15) is 0 Å². The first kappa shape index (κ1) is 16.2. The lowest BCUT2D eigenvalue weighted by Crippen LogP contribution is -2.35. The van der Waals surface area contributed by atoms with Gasteiger partial charge in [-0.25, -0.2) is 4.98 Å². The number of rotatable bonds is 4. The summed E-state index contributed by atoms with van der Waals surface area (Å²) in [5, 5.41) is 12.6. The average molecular weight is 355 g/mol. The number of thiazole rings is 1. The Bertz CT molecular complexity index is 867. The van der Waals surface area contributed by atoms with Gasteiger partial charge in [0, 0.05) is 31.8 Å². The van der Waals surface area contributed by atoms with Gasteiger partial charge in [0.2, 0.25) is 5.91 Å². The van der Waals surface area contributed by atoms with Crippen LogP contribution >= 0.6 is 11.3 Å². The molecule has 1 atom stereocenters. The Kier molecular flexibility index (Phi) is 4.48. The minimum atomic E-state index is 0.110. The first-order valence-corrected chi connectivity index (χ1v) is 9.53. The molecule has 0 saturated carbocycles. The van der Waals surface area contributed by atoms with E-state index in [1.54, 1.807) is 11.3 Å². The van der Waals surface area contributed by atoms with E-state index in [2.05, 4.69) is 31.1 Å². The van der Waals surface area contributed by atoms with Crippen molar-refractivity contribution in [2.45, 2.75) is 51.6 Å². The summed E-state index contributed by atoms with van der Waals surface area (Å²) < 4.78 is 3.34. The second-order valence-electron chi connectivity index (χ2n) is 6.48. The first-order chi connectivity index (χ1) is 12.2. The molecule has 0 spiro atoms. The van der Waals surface area contributed by atoms with Crippen molar-refractivity contribution in [2.75, 3.05) is 0 Å². The molecule has 6 nitrogen and oxygen atoms in total. The summed E-state index contributed by atoms with van der Waals surface area (Å²) >= 11 is 1.67. The lowest BCUT2D eigenvalue weighted by atomic mass is 10.1. The zero-order valence-corrected chi connectivity index (χ0v) is 15.1. The molecule has 0 bridgehead atoms. The molecule has 1 aliphatic rings. The molecule has 1 N–H and O–H groups in total. The largest absolute Gasteiger partial charge is 0.353 e. The predicted molar refractivity (Wildman–Crippen MR) is 97.6 cm³/mol. The molecule has 3 heterocycles. The number of benzene rings is 1. The van der Waals surface area contributed by atoms with Crippen molar-refractivity contribution in [3.63, 3.8) is 0 Å². The molecular weight excluding hydrogens is 334 g/mol. The Morgan fingerprint density at radius 2 is 2.20 bits per heavy atom. The van der Waals surface area contributed by atoms with E-state index in [9.17, 15) is 4.79 Å². The van der Waals surface area contributed by atoms with E-state index < -0.39 is 0 Å². The summed E-state index contributed by atoms with van der Waals surface area (Å²) in [6.45, 7) is 2.85. The van der Waals surface area contributed by atoms with Crippen LogP contribution in [-0.2, 0) is 24.2 Å². The number of fused-ring (bicyclic) bond motifs is 2. The summed E-state index contributed by atoms with van der Waals surface area (Å²) in [7, 11) is 0. The van der Waals surface area contributed by atoms with Gasteiger partial charge in [-0.1, -0.05) is 12.1 Å². The minimum Gasteiger partial charge on any atom is -0.353 e. The van der Waals surface area contributed by atoms with Crippen LogP contribution in [0.5, 0.6) is 0 Å². The zero-order chi connectivity index (χ0) is 17.2. The van der Waals surface area contributed by atoms with Crippen LogP contribution in [0.4, 0.5) is 0 Å². The van der Waals surface area contributed by atoms with Gasteiger partial charge in [0.1, 0.15) is 11.6 Å². The standard InChI is InChI=1S/C18H21N5OS/c1-12-21-22-16-7-6-13(10-11-23(12)16)19-17(24)8-9-18-20-14-4-2-3-5-15(14)25-18/h2-5,13H,6-11H2,1H3,(H,19,24). The van der Waals surface area contributed by atoms with Crippen molar-refractivity contribution in [1.29, 1.82) is 0 Å². The number of carbonyl (C=O) groups is 1. The predicted octanol–water partition coefficient (Wildman–Crippen LogP) is 2.65. The molecular formula is C18H21N5OS. The number of amides is 1. The Balaban J connectivity index is 1.30. The number of hydrogen-bond acceptors (Lipinski definition) is 5. The number of hydrogen-bond donors (Lipinski definition) is 1. The van der Waals surface area contributed by atoms with Gasteiger partial charge >= 0.3 is 0 Å². The van der Waals surface area contributed by atoms with Crippen molar-refractivity contribution in [2.24, 2.45) is 0 Å². The molecule has 1 aliphatic heterocycles. The SMILES string of the molecule is Cc1nnc2n1CCC(NC(=O)CCc1nc3ccccc3s1)CC2. The molecule has 2 aromatic heterocycles. The van der Waals surface area contributed by atoms with Gasteiger partial charge in [0.25, 0.3) is 0 Å². The number of nitrogens with one attached hydrogen (secondary N) is 1. The molecule has 1 unspecified atom stereocenters. The summed E-state index contributed by atoms with van der Waals surface area (Å²) in [6, 6.07) is 8.31. The van der Waals surface area contributed by atoms with Gasteiger partial charge in [-0.3, -0.25) is 4.79 Å². The van der Waals surface area contributed by atoms with Gasteiger partial charge in [0.15, 0.2) is 0 Å². The second kappa shape index (κ2) is 6.92.